The van der Waals surface area contributed by atoms with Crippen molar-refractivity contribution in [1.82, 2.24) is 0 Å². The zero-order valence-corrected chi connectivity index (χ0v) is 10.3. The first-order chi connectivity index (χ1) is 9.22. The first-order valence-corrected chi connectivity index (χ1v) is 5.59. The summed E-state index contributed by atoms with van der Waals surface area (Å²) in [6.45, 7) is -0.361. The van der Waals surface area contributed by atoms with Crippen LogP contribution < -0.4 is 4.74 Å². The maximum absolute atomic E-state index is 11.9. The molecule has 1 aromatic heterocycles. The Morgan fingerprint density at radius 2 is 1.95 bits per heavy atom. The highest BCUT2D eigenvalue weighted by molar-refractivity contribution is 6.01. The monoisotopic (exact) mass is 260 g/mol. The molecule has 1 heterocycles. The van der Waals surface area contributed by atoms with Crippen LogP contribution in [0.4, 0.5) is 0 Å². The minimum absolute atomic E-state index is 0.0628. The van der Waals surface area contributed by atoms with E-state index in [0.717, 1.165) is 0 Å². The van der Waals surface area contributed by atoms with E-state index in [1.54, 1.807) is 30.3 Å². The third kappa shape index (κ3) is 3.01. The van der Waals surface area contributed by atoms with E-state index < -0.39 is 5.97 Å². The summed E-state index contributed by atoms with van der Waals surface area (Å²) < 4.78 is 14.8. The Labute approximate surface area is 109 Å². The summed E-state index contributed by atoms with van der Waals surface area (Å²) in [5.41, 5.74) is 0.372. The molecule has 98 valence electrons. The number of rotatable bonds is 5. The van der Waals surface area contributed by atoms with Gasteiger partial charge in [-0.25, -0.2) is 4.79 Å². The van der Waals surface area contributed by atoms with E-state index in [2.05, 4.69) is 0 Å². The van der Waals surface area contributed by atoms with Gasteiger partial charge in [0.2, 0.25) is 11.5 Å². The molecule has 0 fully saturated rings. The Bertz CT molecular complexity index is 571. The van der Waals surface area contributed by atoms with Crippen LogP contribution in [0.25, 0.3) is 0 Å². The molecular weight excluding hydrogens is 248 g/mol. The first kappa shape index (κ1) is 12.9. The molecule has 0 bridgehead atoms. The number of Topliss-reactive ketones (excluding diaryl/α,β-unsaturated/α-hetero) is 1. The zero-order chi connectivity index (χ0) is 13.7. The van der Waals surface area contributed by atoms with Crippen LogP contribution in [0.1, 0.15) is 20.9 Å². The van der Waals surface area contributed by atoms with Crippen molar-refractivity contribution >= 4 is 11.8 Å². The van der Waals surface area contributed by atoms with E-state index in [4.69, 9.17) is 13.9 Å². The summed E-state index contributed by atoms with van der Waals surface area (Å²) >= 11 is 0. The van der Waals surface area contributed by atoms with E-state index in [0.29, 0.717) is 11.3 Å². The molecule has 1 aromatic carbocycles. The van der Waals surface area contributed by atoms with Gasteiger partial charge in [0.05, 0.1) is 18.9 Å². The normalized spacial score (nSPS) is 9.95. The number of hydrogen-bond donors (Lipinski definition) is 0. The van der Waals surface area contributed by atoms with Crippen molar-refractivity contribution in [3.05, 3.63) is 54.0 Å². The third-order valence-corrected chi connectivity index (χ3v) is 2.46. The number of ketones is 1. The molecule has 2 rings (SSSR count). The fraction of sp³-hybridized carbons (Fsp3) is 0.143. The predicted octanol–water partition coefficient (Wildman–Crippen LogP) is 2.33. The summed E-state index contributed by atoms with van der Waals surface area (Å²) in [6.07, 6.45) is 1.36. The summed E-state index contributed by atoms with van der Waals surface area (Å²) in [5.74, 6) is -0.500. The molecule has 5 nitrogen and oxygen atoms in total. The second-order valence-corrected chi connectivity index (χ2v) is 3.68. The highest BCUT2D eigenvalue weighted by atomic mass is 16.5. The summed E-state index contributed by atoms with van der Waals surface area (Å²) in [7, 11) is 1.47. The lowest BCUT2D eigenvalue weighted by Gasteiger charge is -2.07. The molecule has 0 saturated heterocycles. The van der Waals surface area contributed by atoms with Gasteiger partial charge in [-0.3, -0.25) is 4.79 Å². The van der Waals surface area contributed by atoms with Crippen molar-refractivity contribution in [3.8, 4) is 5.75 Å². The maximum Gasteiger partial charge on any atom is 0.374 e. The van der Waals surface area contributed by atoms with Gasteiger partial charge < -0.3 is 13.9 Å². The smallest absolute Gasteiger partial charge is 0.374 e. The lowest BCUT2D eigenvalue weighted by molar-refractivity contribution is 0.0443. The van der Waals surface area contributed by atoms with Crippen LogP contribution in [0.5, 0.6) is 5.75 Å². The van der Waals surface area contributed by atoms with E-state index in [1.165, 1.54) is 19.4 Å². The minimum atomic E-state index is -0.673. The Kier molecular flexibility index (Phi) is 3.97. The van der Waals surface area contributed by atoms with Gasteiger partial charge in [0.1, 0.15) is 5.75 Å². The second kappa shape index (κ2) is 5.86. The van der Waals surface area contributed by atoms with Gasteiger partial charge in [-0.2, -0.15) is 0 Å². The number of carbonyl (C=O) groups excluding carboxylic acids is 2. The molecule has 5 heteroatoms. The summed E-state index contributed by atoms with van der Waals surface area (Å²) in [5, 5.41) is 0. The van der Waals surface area contributed by atoms with Crippen molar-refractivity contribution in [2.45, 2.75) is 0 Å². The highest BCUT2D eigenvalue weighted by Gasteiger charge is 2.16. The molecule has 0 saturated carbocycles. The number of ether oxygens (including phenoxy) is 2. The van der Waals surface area contributed by atoms with Crippen LogP contribution >= 0.6 is 0 Å². The molecule has 0 aliphatic carbocycles. The van der Waals surface area contributed by atoms with Crippen LogP contribution in [-0.2, 0) is 4.74 Å². The summed E-state index contributed by atoms with van der Waals surface area (Å²) in [6, 6.07) is 9.78. The Morgan fingerprint density at radius 3 is 2.63 bits per heavy atom. The van der Waals surface area contributed by atoms with Gasteiger partial charge in [0.25, 0.3) is 0 Å². The van der Waals surface area contributed by atoms with Crippen LogP contribution in [0.2, 0.25) is 0 Å². The minimum Gasteiger partial charge on any atom is -0.496 e. The molecule has 0 N–H and O–H groups in total. The molecular formula is C14H12O5. The standard InChI is InChI=1S/C14H12O5/c1-17-12-6-3-2-5-10(12)11(15)9-19-14(16)13-7-4-8-18-13/h2-8H,9H2,1H3. The average molecular weight is 260 g/mol. The second-order valence-electron chi connectivity index (χ2n) is 3.68. The molecule has 0 aliphatic heterocycles. The molecule has 0 unspecified atom stereocenters. The fourth-order valence-corrected chi connectivity index (χ4v) is 1.55. The van der Waals surface area contributed by atoms with Crippen LogP contribution in [0.3, 0.4) is 0 Å². The van der Waals surface area contributed by atoms with Crippen molar-refractivity contribution in [2.75, 3.05) is 13.7 Å². The van der Waals surface area contributed by atoms with E-state index in [1.807, 2.05) is 0 Å². The molecule has 0 atom stereocenters. The molecule has 19 heavy (non-hydrogen) atoms. The Morgan fingerprint density at radius 1 is 1.16 bits per heavy atom. The Hall–Kier alpha value is -2.56. The molecule has 0 aliphatic rings. The van der Waals surface area contributed by atoms with Crippen molar-refractivity contribution in [2.24, 2.45) is 0 Å². The van der Waals surface area contributed by atoms with Gasteiger partial charge in [-0.1, -0.05) is 12.1 Å². The molecule has 2 aromatic rings. The van der Waals surface area contributed by atoms with Crippen molar-refractivity contribution in [3.63, 3.8) is 0 Å². The lowest BCUT2D eigenvalue weighted by Crippen LogP contribution is -2.14. The van der Waals surface area contributed by atoms with Gasteiger partial charge >= 0.3 is 5.97 Å². The van der Waals surface area contributed by atoms with Gasteiger partial charge in [0.15, 0.2) is 6.61 Å². The number of benzene rings is 1. The van der Waals surface area contributed by atoms with Crippen molar-refractivity contribution < 1.29 is 23.5 Å². The number of esters is 1. The van der Waals surface area contributed by atoms with E-state index in [-0.39, 0.29) is 18.2 Å². The SMILES string of the molecule is COc1ccccc1C(=O)COC(=O)c1ccco1. The molecule has 0 amide bonds. The van der Waals surface area contributed by atoms with Crippen LogP contribution in [-0.4, -0.2) is 25.5 Å². The summed E-state index contributed by atoms with van der Waals surface area (Å²) in [4.78, 5) is 23.4. The van der Waals surface area contributed by atoms with Gasteiger partial charge in [-0.05, 0) is 24.3 Å². The van der Waals surface area contributed by atoms with E-state index >= 15 is 0 Å². The third-order valence-electron chi connectivity index (χ3n) is 2.46. The van der Waals surface area contributed by atoms with Crippen molar-refractivity contribution in [1.29, 1.82) is 0 Å². The fourth-order valence-electron chi connectivity index (χ4n) is 1.55. The van der Waals surface area contributed by atoms with Crippen LogP contribution in [0, 0.1) is 0 Å². The lowest BCUT2D eigenvalue weighted by atomic mass is 10.1. The predicted molar refractivity (Wildman–Crippen MR) is 66.3 cm³/mol. The van der Waals surface area contributed by atoms with Gasteiger partial charge in [-0.15, -0.1) is 0 Å². The largest absolute Gasteiger partial charge is 0.496 e. The number of para-hydroxylation sites is 1. The quantitative estimate of drug-likeness (QED) is 0.609. The van der Waals surface area contributed by atoms with Crippen LogP contribution in [0.15, 0.2) is 47.1 Å². The Balaban J connectivity index is 2.00. The highest BCUT2D eigenvalue weighted by Crippen LogP contribution is 2.18. The first-order valence-electron chi connectivity index (χ1n) is 5.59. The van der Waals surface area contributed by atoms with E-state index in [9.17, 15) is 9.59 Å². The number of furan rings is 1. The number of methoxy groups -OCH3 is 1. The molecule has 0 spiro atoms. The van der Waals surface area contributed by atoms with Gasteiger partial charge in [0, 0.05) is 0 Å². The molecule has 0 radical (unpaired) electrons. The topological polar surface area (TPSA) is 65.7 Å². The maximum atomic E-state index is 11.9. The zero-order valence-electron chi connectivity index (χ0n) is 10.3. The number of hydrogen-bond acceptors (Lipinski definition) is 5. The average Bonchev–Trinajstić information content (AvgIpc) is 2.98. The number of carbonyl (C=O) groups is 2.